The lowest BCUT2D eigenvalue weighted by atomic mass is 10.2. The van der Waals surface area contributed by atoms with Crippen molar-refractivity contribution in [3.63, 3.8) is 0 Å². The topological polar surface area (TPSA) is 65.7 Å². The second-order valence-electron chi connectivity index (χ2n) is 5.56. The van der Waals surface area contributed by atoms with Crippen molar-refractivity contribution in [2.45, 2.75) is 19.0 Å². The van der Waals surface area contributed by atoms with E-state index in [0.29, 0.717) is 25.6 Å². The van der Waals surface area contributed by atoms with Crippen LogP contribution in [0.5, 0.6) is 0 Å². The molecule has 0 saturated carbocycles. The Bertz CT molecular complexity index is 690. The summed E-state index contributed by atoms with van der Waals surface area (Å²) in [7, 11) is 1.67. The molecule has 1 aliphatic rings. The first-order chi connectivity index (χ1) is 11.7. The molecule has 0 amide bonds. The summed E-state index contributed by atoms with van der Waals surface area (Å²) in [6, 6.07) is 5.73. The predicted octanol–water partition coefficient (Wildman–Crippen LogP) is 2.51. The lowest BCUT2D eigenvalue weighted by Crippen LogP contribution is -2.44. The number of guanidine groups is 1. The highest BCUT2D eigenvalue weighted by atomic mass is 127. The van der Waals surface area contributed by atoms with Crippen molar-refractivity contribution in [2.75, 3.05) is 25.0 Å². The molecule has 3 rings (SSSR count). The number of aliphatic imine (C=N–C) groups is 1. The second-order valence-corrected chi connectivity index (χ2v) is 5.56. The second kappa shape index (κ2) is 8.97. The smallest absolute Gasteiger partial charge is 0.191 e. The van der Waals surface area contributed by atoms with Gasteiger partial charge in [-0.15, -0.1) is 24.0 Å². The predicted molar refractivity (Wildman–Crippen MR) is 102 cm³/mol. The Balaban J connectivity index is 0.00000225. The lowest BCUT2D eigenvalue weighted by molar-refractivity contribution is 0.410. The zero-order chi connectivity index (χ0) is 16.9. The molecule has 0 aliphatic carbocycles. The Hall–Kier alpha value is -1.91. The van der Waals surface area contributed by atoms with E-state index in [1.54, 1.807) is 18.0 Å². The highest BCUT2D eigenvalue weighted by Gasteiger charge is 2.27. The molecule has 1 aliphatic heterocycles. The number of rotatable bonds is 4. The van der Waals surface area contributed by atoms with E-state index in [1.807, 2.05) is 0 Å². The number of benzene rings is 1. The Morgan fingerprint density at radius 2 is 2.12 bits per heavy atom. The standard InChI is InChI=1S/C16H19F2N5O.HI/c1-19-16(20-9-11-6-8-24-22-11)21-12-5-7-23(10-12)15-13(17)3-2-4-14(15)18;/h2-4,6,8,12H,5,7,9-10H2,1H3,(H2,19,20,21);1H. The van der Waals surface area contributed by atoms with Gasteiger partial charge in [0.15, 0.2) is 5.96 Å². The minimum absolute atomic E-state index is 0. The van der Waals surface area contributed by atoms with Gasteiger partial charge in [-0.05, 0) is 18.6 Å². The molecule has 9 heteroatoms. The molecule has 1 unspecified atom stereocenters. The number of hydrogen-bond donors (Lipinski definition) is 2. The molecule has 0 spiro atoms. The Labute approximate surface area is 161 Å². The number of nitrogens with zero attached hydrogens (tertiary/aromatic N) is 3. The molecule has 136 valence electrons. The molecular weight excluding hydrogens is 443 g/mol. The maximum Gasteiger partial charge on any atom is 0.191 e. The quantitative estimate of drug-likeness (QED) is 0.415. The largest absolute Gasteiger partial charge is 0.365 e. The molecular formula is C16H20F2IN5O. The number of anilines is 1. The fourth-order valence-corrected chi connectivity index (χ4v) is 2.76. The van der Waals surface area contributed by atoms with Gasteiger partial charge in [-0.25, -0.2) is 8.78 Å². The highest BCUT2D eigenvalue weighted by molar-refractivity contribution is 14.0. The van der Waals surface area contributed by atoms with Gasteiger partial charge in [-0.3, -0.25) is 4.99 Å². The van der Waals surface area contributed by atoms with Crippen LogP contribution in [-0.4, -0.2) is 37.3 Å². The number of hydrogen-bond acceptors (Lipinski definition) is 4. The summed E-state index contributed by atoms with van der Waals surface area (Å²) in [6.45, 7) is 1.56. The number of nitrogens with one attached hydrogen (secondary N) is 2. The zero-order valence-corrected chi connectivity index (χ0v) is 16.0. The average molecular weight is 463 g/mol. The van der Waals surface area contributed by atoms with Gasteiger partial charge in [-0.1, -0.05) is 11.2 Å². The van der Waals surface area contributed by atoms with Gasteiger partial charge in [0.25, 0.3) is 0 Å². The first-order valence-corrected chi connectivity index (χ1v) is 7.73. The van der Waals surface area contributed by atoms with Crippen LogP contribution < -0.4 is 15.5 Å². The van der Waals surface area contributed by atoms with Gasteiger partial charge in [0, 0.05) is 32.2 Å². The molecule has 6 nitrogen and oxygen atoms in total. The molecule has 2 N–H and O–H groups in total. The van der Waals surface area contributed by atoms with Gasteiger partial charge in [0.05, 0.1) is 6.54 Å². The van der Waals surface area contributed by atoms with Crippen molar-refractivity contribution in [1.29, 1.82) is 0 Å². The first-order valence-electron chi connectivity index (χ1n) is 7.73. The molecule has 2 heterocycles. The van der Waals surface area contributed by atoms with Crippen molar-refractivity contribution in [1.82, 2.24) is 15.8 Å². The third-order valence-corrected chi connectivity index (χ3v) is 3.93. The van der Waals surface area contributed by atoms with Crippen molar-refractivity contribution in [3.8, 4) is 0 Å². The van der Waals surface area contributed by atoms with E-state index in [-0.39, 0.29) is 35.7 Å². The maximum atomic E-state index is 13.9. The van der Waals surface area contributed by atoms with Crippen LogP contribution in [0.4, 0.5) is 14.5 Å². The molecule has 2 aromatic rings. The fourth-order valence-electron chi connectivity index (χ4n) is 2.76. The third kappa shape index (κ3) is 4.80. The summed E-state index contributed by atoms with van der Waals surface area (Å²) in [5.41, 5.74) is 0.798. The third-order valence-electron chi connectivity index (χ3n) is 3.93. The van der Waals surface area contributed by atoms with Crippen molar-refractivity contribution in [2.24, 2.45) is 4.99 Å². The summed E-state index contributed by atoms with van der Waals surface area (Å²) in [4.78, 5) is 5.87. The van der Waals surface area contributed by atoms with E-state index in [4.69, 9.17) is 4.52 Å². The van der Waals surface area contributed by atoms with E-state index < -0.39 is 11.6 Å². The molecule has 0 radical (unpaired) electrons. The molecule has 1 fully saturated rings. The number of halogens is 3. The molecule has 1 aromatic heterocycles. The monoisotopic (exact) mass is 463 g/mol. The van der Waals surface area contributed by atoms with Gasteiger partial charge in [0.1, 0.15) is 29.3 Å². The van der Waals surface area contributed by atoms with Crippen LogP contribution in [0.1, 0.15) is 12.1 Å². The number of aromatic nitrogens is 1. The van der Waals surface area contributed by atoms with E-state index in [0.717, 1.165) is 12.1 Å². The minimum atomic E-state index is -0.538. The molecule has 1 saturated heterocycles. The Morgan fingerprint density at radius 1 is 1.36 bits per heavy atom. The van der Waals surface area contributed by atoms with Crippen molar-refractivity contribution < 1.29 is 13.3 Å². The summed E-state index contributed by atoms with van der Waals surface area (Å²) >= 11 is 0. The van der Waals surface area contributed by atoms with Crippen molar-refractivity contribution in [3.05, 3.63) is 47.9 Å². The van der Waals surface area contributed by atoms with E-state index in [9.17, 15) is 8.78 Å². The average Bonchev–Trinajstić information content (AvgIpc) is 3.23. The fraction of sp³-hybridized carbons (Fsp3) is 0.375. The zero-order valence-electron chi connectivity index (χ0n) is 13.7. The Morgan fingerprint density at radius 3 is 2.76 bits per heavy atom. The maximum absolute atomic E-state index is 13.9. The molecule has 25 heavy (non-hydrogen) atoms. The van der Waals surface area contributed by atoms with Crippen LogP contribution in [0.2, 0.25) is 0 Å². The van der Waals surface area contributed by atoms with E-state index in [2.05, 4.69) is 20.8 Å². The summed E-state index contributed by atoms with van der Waals surface area (Å²) < 4.78 is 32.5. The van der Waals surface area contributed by atoms with Crippen LogP contribution >= 0.6 is 24.0 Å². The van der Waals surface area contributed by atoms with E-state index in [1.165, 1.54) is 24.5 Å². The number of para-hydroxylation sites is 1. The minimum Gasteiger partial charge on any atom is -0.365 e. The normalized spacial score (nSPS) is 17.3. The Kier molecular flexibility index (Phi) is 6.97. The summed E-state index contributed by atoms with van der Waals surface area (Å²) in [5, 5.41) is 10.2. The molecule has 1 aromatic carbocycles. The van der Waals surface area contributed by atoms with Crippen LogP contribution in [0.25, 0.3) is 0 Å². The van der Waals surface area contributed by atoms with Crippen LogP contribution in [0, 0.1) is 11.6 Å². The lowest BCUT2D eigenvalue weighted by Gasteiger charge is -2.21. The molecule has 1 atom stereocenters. The summed E-state index contributed by atoms with van der Waals surface area (Å²) in [6.07, 6.45) is 2.27. The van der Waals surface area contributed by atoms with Crippen LogP contribution in [0.3, 0.4) is 0 Å². The first kappa shape index (κ1) is 19.4. The van der Waals surface area contributed by atoms with Gasteiger partial charge in [0.2, 0.25) is 0 Å². The van der Waals surface area contributed by atoms with Crippen molar-refractivity contribution >= 4 is 35.6 Å². The SMILES string of the molecule is CN=C(NCc1ccon1)NC1CCN(c2c(F)cccc2F)C1.I. The van der Waals surface area contributed by atoms with Crippen LogP contribution in [-0.2, 0) is 6.54 Å². The van der Waals surface area contributed by atoms with Gasteiger partial charge in [-0.2, -0.15) is 0 Å². The van der Waals surface area contributed by atoms with Gasteiger partial charge >= 0.3 is 0 Å². The highest BCUT2D eigenvalue weighted by Crippen LogP contribution is 2.26. The summed E-state index contributed by atoms with van der Waals surface area (Å²) in [5.74, 6) is -0.466. The van der Waals surface area contributed by atoms with Gasteiger partial charge < -0.3 is 20.1 Å². The van der Waals surface area contributed by atoms with Crippen LogP contribution in [0.15, 0.2) is 40.0 Å². The van der Waals surface area contributed by atoms with E-state index >= 15 is 0 Å². The molecule has 0 bridgehead atoms.